The van der Waals surface area contributed by atoms with Gasteiger partial charge in [-0.15, -0.1) is 11.8 Å². The monoisotopic (exact) mass is 304 g/mol. The number of piperidine rings is 1. The fraction of sp³-hybridized carbons (Fsp3) is 0.500. The largest absolute Gasteiger partial charge is 0.480 e. The minimum atomic E-state index is -0.799. The molecule has 1 saturated heterocycles. The van der Waals surface area contributed by atoms with E-state index in [1.54, 1.807) is 0 Å². The molecular weight excluding hydrogens is 284 g/mol. The molecule has 2 unspecified atom stereocenters. The molecular formula is C16H20N2O2S. The van der Waals surface area contributed by atoms with Crippen molar-refractivity contribution in [1.82, 2.24) is 0 Å². The van der Waals surface area contributed by atoms with Crippen LogP contribution >= 0.6 is 11.8 Å². The molecule has 1 aliphatic rings. The number of anilines is 1. The molecule has 1 aromatic carbocycles. The lowest BCUT2D eigenvalue weighted by Gasteiger charge is -2.39. The predicted molar refractivity (Wildman–Crippen MR) is 84.7 cm³/mol. The Hall–Kier alpha value is -1.67. The Morgan fingerprint density at radius 3 is 2.90 bits per heavy atom. The van der Waals surface area contributed by atoms with Crippen molar-refractivity contribution < 1.29 is 9.90 Å². The van der Waals surface area contributed by atoms with E-state index in [0.29, 0.717) is 24.4 Å². The van der Waals surface area contributed by atoms with Crippen molar-refractivity contribution in [3.8, 4) is 6.07 Å². The lowest BCUT2D eigenvalue weighted by molar-refractivity contribution is -0.139. The Morgan fingerprint density at radius 1 is 1.57 bits per heavy atom. The molecule has 1 N–H and O–H groups in total. The number of rotatable bonds is 4. The third kappa shape index (κ3) is 3.16. The van der Waals surface area contributed by atoms with Crippen LogP contribution in [0.3, 0.4) is 0 Å². The lowest BCUT2D eigenvalue weighted by Crippen LogP contribution is -2.47. The Bertz CT molecular complexity index is 568. The van der Waals surface area contributed by atoms with Crippen LogP contribution in [0.2, 0.25) is 0 Å². The van der Waals surface area contributed by atoms with Crippen molar-refractivity contribution in [2.24, 2.45) is 5.92 Å². The van der Waals surface area contributed by atoms with E-state index in [1.165, 1.54) is 11.8 Å². The Labute approximate surface area is 129 Å². The number of benzene rings is 1. The van der Waals surface area contributed by atoms with Crippen LogP contribution in [0, 0.1) is 17.2 Å². The van der Waals surface area contributed by atoms with E-state index in [0.717, 1.165) is 23.4 Å². The first-order chi connectivity index (χ1) is 10.1. The molecule has 0 saturated carbocycles. The molecule has 2 atom stereocenters. The molecule has 1 fully saturated rings. The van der Waals surface area contributed by atoms with Crippen molar-refractivity contribution in [2.75, 3.05) is 17.7 Å². The van der Waals surface area contributed by atoms with E-state index >= 15 is 0 Å². The van der Waals surface area contributed by atoms with E-state index in [2.05, 4.69) is 13.0 Å². The molecule has 0 spiro atoms. The summed E-state index contributed by atoms with van der Waals surface area (Å²) in [6, 6.07) is 7.37. The number of hydrogen-bond donors (Lipinski definition) is 1. The first-order valence-electron chi connectivity index (χ1n) is 7.18. The number of nitrogens with zero attached hydrogens (tertiary/aromatic N) is 2. The van der Waals surface area contributed by atoms with Gasteiger partial charge in [-0.3, -0.25) is 0 Å². The molecule has 112 valence electrons. The minimum Gasteiger partial charge on any atom is -0.480 e. The Balaban J connectivity index is 2.40. The quantitative estimate of drug-likeness (QED) is 0.864. The molecule has 21 heavy (non-hydrogen) atoms. The van der Waals surface area contributed by atoms with Gasteiger partial charge < -0.3 is 10.0 Å². The average molecular weight is 304 g/mol. The fourth-order valence-corrected chi connectivity index (χ4v) is 3.54. The van der Waals surface area contributed by atoms with Crippen LogP contribution in [0.4, 0.5) is 5.69 Å². The van der Waals surface area contributed by atoms with E-state index in [-0.39, 0.29) is 0 Å². The average Bonchev–Trinajstić information content (AvgIpc) is 2.53. The predicted octanol–water partition coefficient (Wildman–Crippen LogP) is 3.36. The topological polar surface area (TPSA) is 64.3 Å². The fourth-order valence-electron chi connectivity index (χ4n) is 2.97. The van der Waals surface area contributed by atoms with Gasteiger partial charge in [-0.1, -0.05) is 19.4 Å². The van der Waals surface area contributed by atoms with Crippen molar-refractivity contribution in [3.05, 3.63) is 23.8 Å². The highest BCUT2D eigenvalue weighted by Gasteiger charge is 2.34. The van der Waals surface area contributed by atoms with Crippen LogP contribution in [0.1, 0.15) is 31.7 Å². The molecule has 2 rings (SSSR count). The number of carboxylic acids is 1. The zero-order chi connectivity index (χ0) is 15.4. The second-order valence-electron chi connectivity index (χ2n) is 5.31. The molecule has 1 aromatic rings. The molecule has 1 heterocycles. The molecule has 0 aromatic heterocycles. The van der Waals surface area contributed by atoms with Gasteiger partial charge in [0.05, 0.1) is 11.3 Å². The van der Waals surface area contributed by atoms with Gasteiger partial charge in [0.15, 0.2) is 0 Å². The number of carbonyl (C=O) groups is 1. The van der Waals surface area contributed by atoms with Crippen LogP contribution < -0.4 is 4.90 Å². The van der Waals surface area contributed by atoms with Crippen LogP contribution in [0.15, 0.2) is 23.1 Å². The number of hydrogen-bond acceptors (Lipinski definition) is 4. The molecule has 0 bridgehead atoms. The van der Waals surface area contributed by atoms with Crippen LogP contribution in [0.25, 0.3) is 0 Å². The first-order valence-corrected chi connectivity index (χ1v) is 8.41. The molecule has 0 amide bonds. The van der Waals surface area contributed by atoms with Gasteiger partial charge in [0, 0.05) is 11.4 Å². The highest BCUT2D eigenvalue weighted by atomic mass is 32.2. The third-order valence-corrected chi connectivity index (χ3v) is 5.00. The van der Waals surface area contributed by atoms with Crippen LogP contribution in [-0.2, 0) is 4.79 Å². The SMILES string of the molecule is CCC1CCN(c2cccc(SC)c2C#N)C(C(=O)O)C1. The van der Waals surface area contributed by atoms with Gasteiger partial charge >= 0.3 is 5.97 Å². The number of thioether (sulfide) groups is 1. The summed E-state index contributed by atoms with van der Waals surface area (Å²) < 4.78 is 0. The molecule has 0 radical (unpaired) electrons. The lowest BCUT2D eigenvalue weighted by atomic mass is 9.88. The maximum absolute atomic E-state index is 11.6. The second kappa shape index (κ2) is 6.86. The normalized spacial score (nSPS) is 21.9. The molecule has 0 aliphatic carbocycles. The number of nitriles is 1. The van der Waals surface area contributed by atoms with Gasteiger partial charge in [0.1, 0.15) is 12.1 Å². The van der Waals surface area contributed by atoms with Gasteiger partial charge in [0.25, 0.3) is 0 Å². The zero-order valence-corrected chi connectivity index (χ0v) is 13.2. The summed E-state index contributed by atoms with van der Waals surface area (Å²) >= 11 is 1.52. The summed E-state index contributed by atoms with van der Waals surface area (Å²) in [5, 5.41) is 19.0. The van der Waals surface area contributed by atoms with E-state index in [1.807, 2.05) is 29.4 Å². The summed E-state index contributed by atoms with van der Waals surface area (Å²) in [6.07, 6.45) is 4.57. The highest BCUT2D eigenvalue weighted by Crippen LogP contribution is 2.35. The zero-order valence-electron chi connectivity index (χ0n) is 12.4. The Morgan fingerprint density at radius 2 is 2.33 bits per heavy atom. The number of aliphatic carboxylic acids is 1. The van der Waals surface area contributed by atoms with Crippen molar-refractivity contribution in [1.29, 1.82) is 5.26 Å². The molecule has 5 heteroatoms. The first kappa shape index (κ1) is 15.7. The standard InChI is InChI=1S/C16H20N2O2S/c1-3-11-7-8-18(14(9-11)16(19)20)13-5-4-6-15(21-2)12(13)10-17/h4-6,11,14H,3,7-9H2,1-2H3,(H,19,20). The summed E-state index contributed by atoms with van der Waals surface area (Å²) in [5.74, 6) is -0.344. The maximum Gasteiger partial charge on any atom is 0.326 e. The summed E-state index contributed by atoms with van der Waals surface area (Å²) in [7, 11) is 0. The molecule has 4 nitrogen and oxygen atoms in total. The van der Waals surface area contributed by atoms with Crippen molar-refractivity contribution in [2.45, 2.75) is 37.1 Å². The highest BCUT2D eigenvalue weighted by molar-refractivity contribution is 7.98. The maximum atomic E-state index is 11.6. The Kier molecular flexibility index (Phi) is 5.13. The molecule has 1 aliphatic heterocycles. The van der Waals surface area contributed by atoms with E-state index < -0.39 is 12.0 Å². The minimum absolute atomic E-state index is 0.455. The van der Waals surface area contributed by atoms with Crippen molar-refractivity contribution in [3.63, 3.8) is 0 Å². The number of carboxylic acid groups (broad SMARTS) is 1. The summed E-state index contributed by atoms with van der Waals surface area (Å²) in [6.45, 7) is 2.80. The van der Waals surface area contributed by atoms with Gasteiger partial charge in [0.2, 0.25) is 0 Å². The van der Waals surface area contributed by atoms with Crippen molar-refractivity contribution >= 4 is 23.4 Å². The second-order valence-corrected chi connectivity index (χ2v) is 6.16. The third-order valence-electron chi connectivity index (χ3n) is 4.22. The summed E-state index contributed by atoms with van der Waals surface area (Å²) in [5.41, 5.74) is 1.34. The van der Waals surface area contributed by atoms with E-state index in [9.17, 15) is 15.2 Å². The smallest absolute Gasteiger partial charge is 0.326 e. The summed E-state index contributed by atoms with van der Waals surface area (Å²) in [4.78, 5) is 14.4. The van der Waals surface area contributed by atoms with Gasteiger partial charge in [-0.05, 0) is 37.1 Å². The van der Waals surface area contributed by atoms with E-state index in [4.69, 9.17) is 0 Å². The van der Waals surface area contributed by atoms with Crippen LogP contribution in [0.5, 0.6) is 0 Å². The van der Waals surface area contributed by atoms with Gasteiger partial charge in [-0.2, -0.15) is 5.26 Å². The van der Waals surface area contributed by atoms with Gasteiger partial charge in [-0.25, -0.2) is 4.79 Å². The van der Waals surface area contributed by atoms with Crippen LogP contribution in [-0.4, -0.2) is 29.9 Å².